The summed E-state index contributed by atoms with van der Waals surface area (Å²) in [6.45, 7) is 14.5. The van der Waals surface area contributed by atoms with E-state index in [4.69, 9.17) is 8.85 Å². The number of aldehydes is 1. The van der Waals surface area contributed by atoms with E-state index in [0.29, 0.717) is 18.3 Å². The van der Waals surface area contributed by atoms with Gasteiger partial charge in [-0.2, -0.15) is 0 Å². The first-order chi connectivity index (χ1) is 16.3. The maximum absolute atomic E-state index is 11.5. The Morgan fingerprint density at radius 1 is 0.912 bits per heavy atom. The summed E-state index contributed by atoms with van der Waals surface area (Å²) in [5.41, 5.74) is 0. The molecule has 2 aromatic carbocycles. The summed E-state index contributed by atoms with van der Waals surface area (Å²) in [7, 11) is -4.28. The highest BCUT2D eigenvalue weighted by Crippen LogP contribution is 2.47. The molecule has 5 heteroatoms. The van der Waals surface area contributed by atoms with Gasteiger partial charge in [0, 0.05) is 13.0 Å². The van der Waals surface area contributed by atoms with Crippen molar-refractivity contribution in [2.24, 2.45) is 11.8 Å². The molecule has 1 aliphatic carbocycles. The predicted molar refractivity (Wildman–Crippen MR) is 148 cm³/mol. The first-order valence-corrected chi connectivity index (χ1v) is 17.6. The van der Waals surface area contributed by atoms with E-state index in [-0.39, 0.29) is 11.1 Å². The van der Waals surface area contributed by atoms with E-state index in [9.17, 15) is 4.79 Å². The van der Waals surface area contributed by atoms with Gasteiger partial charge < -0.3 is 13.6 Å². The largest absolute Gasteiger partial charge is 0.413 e. The summed E-state index contributed by atoms with van der Waals surface area (Å²) in [5, 5.41) is 2.62. The Morgan fingerprint density at radius 3 is 1.82 bits per heavy atom. The van der Waals surface area contributed by atoms with E-state index in [1.54, 1.807) is 0 Å². The van der Waals surface area contributed by atoms with Gasteiger partial charge in [-0.05, 0) is 51.8 Å². The molecule has 0 bridgehead atoms. The monoisotopic (exact) mass is 496 g/mol. The van der Waals surface area contributed by atoms with Crippen LogP contribution in [0.4, 0.5) is 0 Å². The third-order valence-corrected chi connectivity index (χ3v) is 17.7. The second kappa shape index (κ2) is 11.5. The van der Waals surface area contributed by atoms with Gasteiger partial charge in [0.15, 0.2) is 8.32 Å². The van der Waals surface area contributed by atoms with Crippen molar-refractivity contribution in [3.8, 4) is 0 Å². The number of hydrogen-bond acceptors (Lipinski definition) is 3. The summed E-state index contributed by atoms with van der Waals surface area (Å²) in [6, 6.07) is 25.0. The molecular formula is C29H44O3Si2. The molecule has 2 aromatic rings. The van der Waals surface area contributed by atoms with Gasteiger partial charge in [0.05, 0.1) is 6.10 Å². The van der Waals surface area contributed by atoms with Gasteiger partial charge in [0.1, 0.15) is 6.29 Å². The summed E-state index contributed by atoms with van der Waals surface area (Å²) in [5.74, 6) is 0.892. The van der Waals surface area contributed by atoms with Crippen LogP contribution in [0.1, 0.15) is 54.4 Å². The van der Waals surface area contributed by atoms with Crippen LogP contribution in [-0.4, -0.2) is 35.6 Å². The molecule has 1 saturated carbocycles. The van der Waals surface area contributed by atoms with Crippen LogP contribution in [0.15, 0.2) is 60.7 Å². The lowest BCUT2D eigenvalue weighted by Crippen LogP contribution is -2.66. The summed E-state index contributed by atoms with van der Waals surface area (Å²) < 4.78 is 14.0. The van der Waals surface area contributed by atoms with Crippen LogP contribution >= 0.6 is 0 Å². The molecular weight excluding hydrogens is 452 g/mol. The second-order valence-electron chi connectivity index (χ2n) is 10.9. The Bertz CT molecular complexity index is 843. The quantitative estimate of drug-likeness (QED) is 0.245. The highest BCUT2D eigenvalue weighted by Gasteiger charge is 2.53. The third kappa shape index (κ3) is 5.64. The van der Waals surface area contributed by atoms with Crippen molar-refractivity contribution in [2.75, 3.05) is 6.61 Å². The fraction of sp³-hybridized carbons (Fsp3) is 0.552. The molecule has 3 nitrogen and oxygen atoms in total. The van der Waals surface area contributed by atoms with Gasteiger partial charge in [0.25, 0.3) is 8.32 Å². The lowest BCUT2D eigenvalue weighted by molar-refractivity contribution is -0.109. The standard InChI is InChI=1S/C29H44O3Si2/c1-7-33(8-2,9-3)32-28(20-21-30)27-22-24(27)23-31-34(29(4,5)6,25-16-12-10-13-17-25)26-18-14-11-15-19-26/h10-19,21,24,27-28H,7-9,20,22-23H2,1-6H3/t24-,27+,28+/m0/s1. The average Bonchev–Trinajstić information content (AvgIpc) is 3.63. The van der Waals surface area contributed by atoms with Crippen LogP contribution in [0.5, 0.6) is 0 Å². The molecule has 0 spiro atoms. The molecule has 0 N–H and O–H groups in total. The van der Waals surface area contributed by atoms with E-state index < -0.39 is 16.6 Å². The molecule has 1 fully saturated rings. The average molecular weight is 497 g/mol. The Balaban J connectivity index is 1.85. The van der Waals surface area contributed by atoms with Crippen molar-refractivity contribution < 1.29 is 13.6 Å². The molecule has 186 valence electrons. The number of rotatable bonds is 13. The zero-order valence-electron chi connectivity index (χ0n) is 22.1. The predicted octanol–water partition coefficient (Wildman–Crippen LogP) is 6.18. The maximum Gasteiger partial charge on any atom is 0.261 e. The minimum absolute atomic E-state index is 0.0203. The Kier molecular flexibility index (Phi) is 9.13. The lowest BCUT2D eigenvalue weighted by Gasteiger charge is -2.43. The summed E-state index contributed by atoms with van der Waals surface area (Å²) in [6.07, 6.45) is 2.72. The van der Waals surface area contributed by atoms with Gasteiger partial charge in [-0.1, -0.05) is 102 Å². The number of carbonyl (C=O) groups is 1. The van der Waals surface area contributed by atoms with Crippen molar-refractivity contribution in [1.29, 1.82) is 0 Å². The SMILES string of the molecule is CC[Si](CC)(CC)O[C@H](CC=O)[C@@H]1C[C@H]1CO[Si](c1ccccc1)(c1ccccc1)C(C)(C)C. The normalized spacial score (nSPS) is 19.6. The fourth-order valence-corrected chi connectivity index (χ4v) is 13.2. The Hall–Kier alpha value is -1.54. The Labute approximate surface area is 209 Å². The molecule has 0 aromatic heterocycles. The van der Waals surface area contributed by atoms with Crippen LogP contribution in [0.2, 0.25) is 23.2 Å². The topological polar surface area (TPSA) is 35.5 Å². The molecule has 0 amide bonds. The van der Waals surface area contributed by atoms with Gasteiger partial charge in [-0.25, -0.2) is 0 Å². The van der Waals surface area contributed by atoms with Crippen LogP contribution in [0, 0.1) is 11.8 Å². The summed E-state index contributed by atoms with van der Waals surface area (Å²) >= 11 is 0. The molecule has 0 aliphatic heterocycles. The fourth-order valence-electron chi connectivity index (χ4n) is 5.64. The van der Waals surface area contributed by atoms with Gasteiger partial charge in [-0.15, -0.1) is 0 Å². The molecule has 0 unspecified atom stereocenters. The zero-order chi connectivity index (χ0) is 24.8. The van der Waals surface area contributed by atoms with Crippen LogP contribution in [0.25, 0.3) is 0 Å². The first kappa shape index (κ1) is 27.1. The van der Waals surface area contributed by atoms with Gasteiger partial charge in [-0.3, -0.25) is 0 Å². The zero-order valence-corrected chi connectivity index (χ0v) is 24.1. The highest BCUT2D eigenvalue weighted by atomic mass is 28.4. The van der Waals surface area contributed by atoms with E-state index in [1.807, 2.05) is 0 Å². The van der Waals surface area contributed by atoms with E-state index >= 15 is 0 Å². The van der Waals surface area contributed by atoms with Crippen molar-refractivity contribution >= 4 is 33.3 Å². The molecule has 0 saturated heterocycles. The minimum Gasteiger partial charge on any atom is -0.413 e. The van der Waals surface area contributed by atoms with Gasteiger partial charge in [0.2, 0.25) is 0 Å². The number of benzene rings is 2. The second-order valence-corrected chi connectivity index (χ2v) is 20.0. The highest BCUT2D eigenvalue weighted by molar-refractivity contribution is 6.99. The van der Waals surface area contributed by atoms with Crippen molar-refractivity contribution in [3.63, 3.8) is 0 Å². The molecule has 3 rings (SSSR count). The van der Waals surface area contributed by atoms with Crippen LogP contribution in [0.3, 0.4) is 0 Å². The van der Waals surface area contributed by atoms with Crippen molar-refractivity contribution in [1.82, 2.24) is 0 Å². The van der Waals surface area contributed by atoms with Crippen molar-refractivity contribution in [3.05, 3.63) is 60.7 Å². The minimum atomic E-state index is -2.52. The first-order valence-electron chi connectivity index (χ1n) is 13.1. The van der Waals surface area contributed by atoms with E-state index in [2.05, 4.69) is 102 Å². The molecule has 34 heavy (non-hydrogen) atoms. The van der Waals surface area contributed by atoms with Gasteiger partial charge >= 0.3 is 0 Å². The molecule has 0 radical (unpaired) electrons. The summed E-state index contributed by atoms with van der Waals surface area (Å²) in [4.78, 5) is 11.5. The smallest absolute Gasteiger partial charge is 0.261 e. The number of carbonyl (C=O) groups excluding carboxylic acids is 1. The van der Waals surface area contributed by atoms with Crippen LogP contribution < -0.4 is 10.4 Å². The van der Waals surface area contributed by atoms with Crippen molar-refractivity contribution in [2.45, 2.75) is 83.7 Å². The molecule has 3 atom stereocenters. The molecule has 0 heterocycles. The van der Waals surface area contributed by atoms with Crippen LogP contribution in [-0.2, 0) is 13.6 Å². The lowest BCUT2D eigenvalue weighted by atomic mass is 10.1. The molecule has 1 aliphatic rings. The van der Waals surface area contributed by atoms with E-state index in [1.165, 1.54) is 10.4 Å². The maximum atomic E-state index is 11.5. The number of hydrogen-bond donors (Lipinski definition) is 0. The Morgan fingerprint density at radius 2 is 1.41 bits per heavy atom. The van der Waals surface area contributed by atoms with E-state index in [0.717, 1.165) is 37.4 Å². The third-order valence-electron chi connectivity index (χ3n) is 8.05.